The minimum Gasteiger partial charge on any atom is -0.325 e. The maximum Gasteiger partial charge on any atom is 0.225 e. The standard InChI is InChI=1S/C19H13BrFNO/c20-17-9-16-15(11-5-7-12(21)8-6-11)10-18(23)22-19(16)14-4-2-1-3-13(14)17/h1-9,15H,10H2,(H,22,23). The van der Waals surface area contributed by atoms with Gasteiger partial charge in [0.1, 0.15) is 5.82 Å². The number of hydrogen-bond donors (Lipinski definition) is 1. The lowest BCUT2D eigenvalue weighted by Crippen LogP contribution is -2.23. The van der Waals surface area contributed by atoms with Gasteiger partial charge in [-0.15, -0.1) is 0 Å². The molecule has 4 heteroatoms. The Kier molecular flexibility index (Phi) is 3.42. The quantitative estimate of drug-likeness (QED) is 0.626. The molecule has 0 saturated heterocycles. The van der Waals surface area contributed by atoms with Crippen LogP contribution in [0.15, 0.2) is 59.1 Å². The first-order chi connectivity index (χ1) is 11.1. The fourth-order valence-electron chi connectivity index (χ4n) is 3.24. The van der Waals surface area contributed by atoms with Crippen LogP contribution in [-0.4, -0.2) is 5.91 Å². The summed E-state index contributed by atoms with van der Waals surface area (Å²) in [5.41, 5.74) is 2.86. The average molecular weight is 370 g/mol. The molecule has 0 aliphatic carbocycles. The first-order valence-corrected chi connectivity index (χ1v) is 8.19. The molecule has 1 unspecified atom stereocenters. The van der Waals surface area contributed by atoms with Gasteiger partial charge in [0, 0.05) is 22.2 Å². The van der Waals surface area contributed by atoms with Gasteiger partial charge in [0.25, 0.3) is 0 Å². The van der Waals surface area contributed by atoms with E-state index in [1.807, 2.05) is 24.3 Å². The Bertz CT molecular complexity index is 921. The van der Waals surface area contributed by atoms with Gasteiger partial charge in [-0.2, -0.15) is 0 Å². The van der Waals surface area contributed by atoms with Crippen molar-refractivity contribution >= 4 is 38.3 Å². The third-order valence-corrected chi connectivity index (χ3v) is 4.98. The van der Waals surface area contributed by atoms with Crippen molar-refractivity contribution < 1.29 is 9.18 Å². The topological polar surface area (TPSA) is 29.1 Å². The van der Waals surface area contributed by atoms with E-state index < -0.39 is 0 Å². The summed E-state index contributed by atoms with van der Waals surface area (Å²) in [6.45, 7) is 0. The number of fused-ring (bicyclic) bond motifs is 3. The highest BCUT2D eigenvalue weighted by Crippen LogP contribution is 2.43. The lowest BCUT2D eigenvalue weighted by Gasteiger charge is -2.28. The van der Waals surface area contributed by atoms with E-state index in [0.29, 0.717) is 6.42 Å². The number of benzene rings is 3. The van der Waals surface area contributed by atoms with Gasteiger partial charge in [-0.3, -0.25) is 4.79 Å². The Morgan fingerprint density at radius 1 is 1.04 bits per heavy atom. The highest BCUT2D eigenvalue weighted by molar-refractivity contribution is 9.10. The average Bonchev–Trinajstić information content (AvgIpc) is 2.56. The third-order valence-electron chi connectivity index (χ3n) is 4.33. The number of rotatable bonds is 1. The summed E-state index contributed by atoms with van der Waals surface area (Å²) in [6, 6.07) is 16.4. The zero-order chi connectivity index (χ0) is 16.0. The zero-order valence-electron chi connectivity index (χ0n) is 12.1. The van der Waals surface area contributed by atoms with E-state index in [0.717, 1.165) is 32.1 Å². The van der Waals surface area contributed by atoms with Gasteiger partial charge >= 0.3 is 0 Å². The fourth-order valence-corrected chi connectivity index (χ4v) is 3.84. The minimum absolute atomic E-state index is 0.0145. The highest BCUT2D eigenvalue weighted by atomic mass is 79.9. The molecule has 0 spiro atoms. The molecule has 3 aromatic carbocycles. The van der Waals surface area contributed by atoms with Gasteiger partial charge in [-0.1, -0.05) is 52.3 Å². The lowest BCUT2D eigenvalue weighted by atomic mass is 9.83. The smallest absolute Gasteiger partial charge is 0.225 e. The predicted molar refractivity (Wildman–Crippen MR) is 93.1 cm³/mol. The van der Waals surface area contributed by atoms with Gasteiger partial charge in [-0.05, 0) is 34.7 Å². The third kappa shape index (κ3) is 2.43. The minimum atomic E-state index is -0.270. The van der Waals surface area contributed by atoms with Gasteiger partial charge in [-0.25, -0.2) is 4.39 Å². The number of carbonyl (C=O) groups is 1. The molecule has 1 aliphatic rings. The highest BCUT2D eigenvalue weighted by Gasteiger charge is 2.28. The second kappa shape index (κ2) is 5.46. The maximum atomic E-state index is 13.2. The molecule has 0 bridgehead atoms. The van der Waals surface area contributed by atoms with E-state index in [9.17, 15) is 9.18 Å². The molecule has 114 valence electrons. The molecular formula is C19H13BrFNO. The van der Waals surface area contributed by atoms with Crippen LogP contribution < -0.4 is 5.32 Å². The first kappa shape index (κ1) is 14.4. The van der Waals surface area contributed by atoms with Crippen LogP contribution in [0, 0.1) is 5.82 Å². The molecule has 3 aromatic rings. The van der Waals surface area contributed by atoms with Crippen LogP contribution in [0.2, 0.25) is 0 Å². The lowest BCUT2D eigenvalue weighted by molar-refractivity contribution is -0.116. The largest absolute Gasteiger partial charge is 0.325 e. The van der Waals surface area contributed by atoms with E-state index >= 15 is 0 Å². The summed E-state index contributed by atoms with van der Waals surface area (Å²) in [5.74, 6) is -0.353. The van der Waals surface area contributed by atoms with Crippen molar-refractivity contribution in [3.63, 3.8) is 0 Å². The number of halogens is 2. The van der Waals surface area contributed by atoms with Crippen LogP contribution >= 0.6 is 15.9 Å². The van der Waals surface area contributed by atoms with Crippen LogP contribution in [-0.2, 0) is 4.79 Å². The van der Waals surface area contributed by atoms with Crippen LogP contribution in [0.5, 0.6) is 0 Å². The van der Waals surface area contributed by atoms with Crippen molar-refractivity contribution in [2.75, 3.05) is 5.32 Å². The Hall–Kier alpha value is -2.20. The van der Waals surface area contributed by atoms with Crippen molar-refractivity contribution in [1.82, 2.24) is 0 Å². The maximum absolute atomic E-state index is 13.2. The van der Waals surface area contributed by atoms with Crippen LogP contribution in [0.4, 0.5) is 10.1 Å². The summed E-state index contributed by atoms with van der Waals surface area (Å²) < 4.78 is 14.2. The van der Waals surface area contributed by atoms with Crippen molar-refractivity contribution in [2.24, 2.45) is 0 Å². The van der Waals surface area contributed by atoms with E-state index in [-0.39, 0.29) is 17.6 Å². The molecule has 1 amide bonds. The molecule has 2 nitrogen and oxygen atoms in total. The van der Waals surface area contributed by atoms with Crippen LogP contribution in [0.3, 0.4) is 0 Å². The first-order valence-electron chi connectivity index (χ1n) is 7.40. The molecular weight excluding hydrogens is 357 g/mol. The zero-order valence-corrected chi connectivity index (χ0v) is 13.7. The number of nitrogens with one attached hydrogen (secondary N) is 1. The molecule has 1 N–H and O–H groups in total. The molecule has 4 rings (SSSR count). The second-order valence-electron chi connectivity index (χ2n) is 5.72. The summed E-state index contributed by atoms with van der Waals surface area (Å²) in [4.78, 5) is 12.2. The number of amides is 1. The number of anilines is 1. The summed E-state index contributed by atoms with van der Waals surface area (Å²) in [6.07, 6.45) is 0.364. The fraction of sp³-hybridized carbons (Fsp3) is 0.105. The van der Waals surface area contributed by atoms with E-state index in [4.69, 9.17) is 0 Å². The van der Waals surface area contributed by atoms with Crippen molar-refractivity contribution in [3.8, 4) is 0 Å². The Balaban J connectivity index is 1.96. The van der Waals surface area contributed by atoms with Crippen LogP contribution in [0.1, 0.15) is 23.5 Å². The van der Waals surface area contributed by atoms with Crippen molar-refractivity contribution in [1.29, 1.82) is 0 Å². The van der Waals surface area contributed by atoms with Gasteiger partial charge < -0.3 is 5.32 Å². The van der Waals surface area contributed by atoms with Gasteiger partial charge in [0.05, 0.1) is 5.69 Å². The Morgan fingerprint density at radius 3 is 2.48 bits per heavy atom. The van der Waals surface area contributed by atoms with Crippen molar-refractivity contribution in [2.45, 2.75) is 12.3 Å². The van der Waals surface area contributed by atoms with Crippen molar-refractivity contribution in [3.05, 3.63) is 76.0 Å². The normalized spacial score (nSPS) is 17.0. The van der Waals surface area contributed by atoms with Crippen LogP contribution in [0.25, 0.3) is 10.8 Å². The Morgan fingerprint density at radius 2 is 1.74 bits per heavy atom. The molecule has 1 aliphatic heterocycles. The molecule has 0 radical (unpaired) electrons. The molecule has 0 fully saturated rings. The SMILES string of the molecule is O=C1CC(c2ccc(F)cc2)c2cc(Br)c3ccccc3c2N1. The summed E-state index contributed by atoms with van der Waals surface area (Å²) in [5, 5.41) is 5.08. The number of hydrogen-bond acceptors (Lipinski definition) is 1. The molecule has 0 aromatic heterocycles. The van der Waals surface area contributed by atoms with Gasteiger partial charge in [0.15, 0.2) is 0 Å². The van der Waals surface area contributed by atoms with E-state index in [1.54, 1.807) is 12.1 Å². The summed E-state index contributed by atoms with van der Waals surface area (Å²) >= 11 is 3.63. The second-order valence-corrected chi connectivity index (χ2v) is 6.58. The summed E-state index contributed by atoms with van der Waals surface area (Å²) in [7, 11) is 0. The van der Waals surface area contributed by atoms with E-state index in [2.05, 4.69) is 27.3 Å². The van der Waals surface area contributed by atoms with E-state index in [1.165, 1.54) is 12.1 Å². The molecule has 1 atom stereocenters. The predicted octanol–water partition coefficient (Wildman–Crippen LogP) is 5.22. The molecule has 1 heterocycles. The monoisotopic (exact) mass is 369 g/mol. The Labute approximate surface area is 141 Å². The van der Waals surface area contributed by atoms with Gasteiger partial charge in [0.2, 0.25) is 5.91 Å². The molecule has 23 heavy (non-hydrogen) atoms. The number of carbonyl (C=O) groups excluding carboxylic acids is 1. The molecule has 0 saturated carbocycles.